The van der Waals surface area contributed by atoms with Gasteiger partial charge in [-0.1, -0.05) is 36.4 Å². The van der Waals surface area contributed by atoms with Gasteiger partial charge in [-0.3, -0.25) is 9.69 Å². The highest BCUT2D eigenvalue weighted by Gasteiger charge is 2.31. The number of aromatic nitrogens is 3. The van der Waals surface area contributed by atoms with Crippen molar-refractivity contribution in [3.8, 4) is 22.6 Å². The standard InChI is InChI=1S/C30H33N7O2/c1-35(21-11-12-21)16-5-8-25(38)36-17-15-22(18-36)37-29(32)26(27-28(31)33-19-34-30(27)37)20-9-13-24(14-10-20)39-23-6-3-2-4-7-23/h2-10,13-14,19,21-22H,11-12,15-18,32H2,1H3,(H2,31,33,34)/t22-/m1/s1. The molecule has 4 aromatic rings. The molecule has 1 aliphatic heterocycles. The Kier molecular flexibility index (Phi) is 6.66. The fourth-order valence-electron chi connectivity index (χ4n) is 5.39. The van der Waals surface area contributed by atoms with Crippen LogP contribution in [0.4, 0.5) is 11.6 Å². The van der Waals surface area contributed by atoms with Gasteiger partial charge in [-0.15, -0.1) is 0 Å². The number of benzene rings is 2. The third-order valence-electron chi connectivity index (χ3n) is 7.64. The van der Waals surface area contributed by atoms with Crippen molar-refractivity contribution < 1.29 is 9.53 Å². The lowest BCUT2D eigenvalue weighted by Gasteiger charge is -2.18. The van der Waals surface area contributed by atoms with Gasteiger partial charge < -0.3 is 25.7 Å². The van der Waals surface area contributed by atoms with Crippen LogP contribution in [0.3, 0.4) is 0 Å². The number of amides is 1. The molecule has 200 valence electrons. The van der Waals surface area contributed by atoms with Gasteiger partial charge in [-0.05, 0) is 56.1 Å². The maximum absolute atomic E-state index is 12.9. The highest BCUT2D eigenvalue weighted by atomic mass is 16.5. The van der Waals surface area contributed by atoms with Crippen molar-refractivity contribution in [3.63, 3.8) is 0 Å². The number of para-hydroxylation sites is 1. The van der Waals surface area contributed by atoms with Gasteiger partial charge in [-0.2, -0.15) is 0 Å². The molecule has 2 aromatic carbocycles. The van der Waals surface area contributed by atoms with Crippen LogP contribution in [0.5, 0.6) is 11.5 Å². The molecular formula is C30H33N7O2. The number of nitrogen functional groups attached to an aromatic ring is 2. The minimum Gasteiger partial charge on any atom is -0.457 e. The monoisotopic (exact) mass is 523 g/mol. The predicted octanol–water partition coefficient (Wildman–Crippen LogP) is 4.48. The maximum Gasteiger partial charge on any atom is 0.246 e. The molecule has 2 fully saturated rings. The van der Waals surface area contributed by atoms with Gasteiger partial charge in [0.25, 0.3) is 0 Å². The lowest BCUT2D eigenvalue weighted by atomic mass is 10.0. The Morgan fingerprint density at radius 2 is 1.79 bits per heavy atom. The van der Waals surface area contributed by atoms with E-state index in [-0.39, 0.29) is 11.9 Å². The first-order valence-electron chi connectivity index (χ1n) is 13.4. The summed E-state index contributed by atoms with van der Waals surface area (Å²) in [6, 6.07) is 18.1. The molecule has 0 spiro atoms. The molecule has 2 aromatic heterocycles. The fourth-order valence-corrected chi connectivity index (χ4v) is 5.39. The Morgan fingerprint density at radius 1 is 1.05 bits per heavy atom. The van der Waals surface area contributed by atoms with Crippen LogP contribution in [-0.4, -0.2) is 63.0 Å². The number of fused-ring (bicyclic) bond motifs is 1. The number of nitrogens with zero attached hydrogens (tertiary/aromatic N) is 5. The second-order valence-electron chi connectivity index (χ2n) is 10.3. The van der Waals surface area contributed by atoms with Gasteiger partial charge in [0.1, 0.15) is 35.1 Å². The Labute approximate surface area is 227 Å². The highest BCUT2D eigenvalue weighted by molar-refractivity contribution is 6.06. The van der Waals surface area contributed by atoms with Gasteiger partial charge in [0.05, 0.1) is 11.4 Å². The van der Waals surface area contributed by atoms with E-state index in [2.05, 4.69) is 21.9 Å². The van der Waals surface area contributed by atoms with Crippen LogP contribution in [0.1, 0.15) is 25.3 Å². The van der Waals surface area contributed by atoms with Crippen molar-refractivity contribution in [3.05, 3.63) is 73.1 Å². The maximum atomic E-state index is 12.9. The zero-order chi connectivity index (χ0) is 26.9. The van der Waals surface area contributed by atoms with E-state index < -0.39 is 0 Å². The van der Waals surface area contributed by atoms with Gasteiger partial charge in [0.15, 0.2) is 0 Å². The summed E-state index contributed by atoms with van der Waals surface area (Å²) < 4.78 is 7.98. The summed E-state index contributed by atoms with van der Waals surface area (Å²) in [6.07, 6.45) is 8.40. The van der Waals surface area contributed by atoms with E-state index >= 15 is 0 Å². The van der Waals surface area contributed by atoms with E-state index in [9.17, 15) is 4.79 Å². The SMILES string of the molecule is CN(CC=CC(=O)N1CC[C@@H](n2c(N)c(-c3ccc(Oc4ccccc4)cc3)c3c(N)ncnc32)C1)C1CC1. The number of carbonyl (C=O) groups is 1. The molecule has 2 aliphatic rings. The van der Waals surface area contributed by atoms with Crippen molar-refractivity contribution in [2.45, 2.75) is 31.3 Å². The average molecular weight is 524 g/mol. The van der Waals surface area contributed by atoms with E-state index in [1.54, 1.807) is 6.08 Å². The summed E-state index contributed by atoms with van der Waals surface area (Å²) in [5.41, 5.74) is 15.5. The molecule has 1 aliphatic carbocycles. The number of anilines is 2. The molecule has 4 N–H and O–H groups in total. The summed E-state index contributed by atoms with van der Waals surface area (Å²) in [5, 5.41) is 0.722. The van der Waals surface area contributed by atoms with Gasteiger partial charge in [-0.25, -0.2) is 9.97 Å². The average Bonchev–Trinajstić information content (AvgIpc) is 3.61. The minimum absolute atomic E-state index is 0.0114. The lowest BCUT2D eigenvalue weighted by Crippen LogP contribution is -2.28. The zero-order valence-electron chi connectivity index (χ0n) is 22.0. The number of carbonyl (C=O) groups excluding carboxylic acids is 1. The van der Waals surface area contributed by atoms with Gasteiger partial charge in [0.2, 0.25) is 5.91 Å². The molecule has 1 saturated heterocycles. The van der Waals surface area contributed by atoms with Crippen LogP contribution in [0.2, 0.25) is 0 Å². The number of ether oxygens (including phenoxy) is 1. The Balaban J connectivity index is 1.25. The van der Waals surface area contributed by atoms with E-state index in [1.165, 1.54) is 19.2 Å². The molecule has 0 unspecified atom stereocenters. The molecule has 39 heavy (non-hydrogen) atoms. The van der Waals surface area contributed by atoms with Crippen LogP contribution in [0, 0.1) is 0 Å². The van der Waals surface area contributed by atoms with E-state index in [0.717, 1.165) is 41.0 Å². The van der Waals surface area contributed by atoms with Crippen molar-refractivity contribution in [1.29, 1.82) is 0 Å². The van der Waals surface area contributed by atoms with Gasteiger partial charge in [0, 0.05) is 37.3 Å². The molecule has 1 atom stereocenters. The fraction of sp³-hybridized carbons (Fsp3) is 0.300. The number of nitrogens with two attached hydrogens (primary N) is 2. The van der Waals surface area contributed by atoms with Gasteiger partial charge >= 0.3 is 0 Å². The number of hydrogen-bond acceptors (Lipinski definition) is 7. The topological polar surface area (TPSA) is 116 Å². The second kappa shape index (κ2) is 10.4. The van der Waals surface area contributed by atoms with Crippen LogP contribution in [-0.2, 0) is 4.79 Å². The van der Waals surface area contributed by atoms with E-state index in [1.807, 2.05) is 70.1 Å². The van der Waals surface area contributed by atoms with Crippen LogP contribution < -0.4 is 16.2 Å². The van der Waals surface area contributed by atoms with Crippen LogP contribution >= 0.6 is 0 Å². The molecule has 1 amide bonds. The lowest BCUT2D eigenvalue weighted by molar-refractivity contribution is -0.125. The Hall–Kier alpha value is -4.37. The first-order valence-corrected chi connectivity index (χ1v) is 13.4. The molecule has 3 heterocycles. The van der Waals surface area contributed by atoms with E-state index in [4.69, 9.17) is 16.2 Å². The number of likely N-dealkylation sites (tertiary alicyclic amines) is 1. The Morgan fingerprint density at radius 3 is 2.54 bits per heavy atom. The molecule has 0 radical (unpaired) electrons. The summed E-state index contributed by atoms with van der Waals surface area (Å²) in [6.45, 7) is 2.01. The predicted molar refractivity (Wildman–Crippen MR) is 153 cm³/mol. The summed E-state index contributed by atoms with van der Waals surface area (Å²) >= 11 is 0. The molecular weight excluding hydrogens is 490 g/mol. The summed E-state index contributed by atoms with van der Waals surface area (Å²) in [5.74, 6) is 2.45. The molecule has 6 rings (SSSR count). The van der Waals surface area contributed by atoms with Crippen molar-refractivity contribution in [1.82, 2.24) is 24.3 Å². The second-order valence-corrected chi connectivity index (χ2v) is 10.3. The smallest absolute Gasteiger partial charge is 0.246 e. The summed E-state index contributed by atoms with van der Waals surface area (Å²) in [4.78, 5) is 25.9. The summed E-state index contributed by atoms with van der Waals surface area (Å²) in [7, 11) is 2.10. The van der Waals surface area contributed by atoms with E-state index in [0.29, 0.717) is 36.4 Å². The number of rotatable bonds is 8. The third kappa shape index (κ3) is 5.05. The number of hydrogen-bond donors (Lipinski definition) is 2. The van der Waals surface area contributed by atoms with Crippen LogP contribution in [0.25, 0.3) is 22.2 Å². The molecule has 9 heteroatoms. The molecule has 9 nitrogen and oxygen atoms in total. The first kappa shape index (κ1) is 24.9. The quantitative estimate of drug-likeness (QED) is 0.327. The Bertz CT molecular complexity index is 1510. The third-order valence-corrected chi connectivity index (χ3v) is 7.64. The van der Waals surface area contributed by atoms with Crippen molar-refractivity contribution >= 4 is 28.6 Å². The molecule has 1 saturated carbocycles. The number of likely N-dealkylation sites (N-methyl/N-ethyl adjacent to an activating group) is 1. The first-order chi connectivity index (χ1) is 19.0. The molecule has 0 bridgehead atoms. The van der Waals surface area contributed by atoms with Crippen molar-refractivity contribution in [2.75, 3.05) is 38.1 Å². The van der Waals surface area contributed by atoms with Crippen LogP contribution in [0.15, 0.2) is 73.1 Å². The van der Waals surface area contributed by atoms with Crippen molar-refractivity contribution in [2.24, 2.45) is 0 Å². The largest absolute Gasteiger partial charge is 0.457 e. The zero-order valence-corrected chi connectivity index (χ0v) is 22.0. The highest BCUT2D eigenvalue weighted by Crippen LogP contribution is 2.42. The normalized spacial score (nSPS) is 17.5. The minimum atomic E-state index is -0.0114.